The van der Waals surface area contributed by atoms with Crippen molar-refractivity contribution in [3.05, 3.63) is 59.7 Å². The molecule has 2 fully saturated rings. The summed E-state index contributed by atoms with van der Waals surface area (Å²) in [5.74, 6) is 0.249. The topological polar surface area (TPSA) is 49.4 Å². The molecule has 4 rings (SSSR count). The molecule has 2 aromatic carbocycles. The van der Waals surface area contributed by atoms with Crippen molar-refractivity contribution in [3.8, 4) is 11.1 Å². The molecule has 0 bridgehead atoms. The Balaban J connectivity index is 1.55. The van der Waals surface area contributed by atoms with E-state index in [1.807, 2.05) is 17.0 Å². The Labute approximate surface area is 173 Å². The molecule has 0 radical (unpaired) electrons. The number of hydrogen-bond donors (Lipinski definition) is 1. The van der Waals surface area contributed by atoms with Gasteiger partial charge in [-0.15, -0.1) is 0 Å². The molecule has 0 aromatic heterocycles. The number of rotatable bonds is 4. The van der Waals surface area contributed by atoms with Crippen LogP contribution in [-0.2, 0) is 16.0 Å². The maximum absolute atomic E-state index is 13.0. The molecule has 29 heavy (non-hydrogen) atoms. The van der Waals surface area contributed by atoms with E-state index in [2.05, 4.69) is 48.6 Å². The average Bonchev–Trinajstić information content (AvgIpc) is 3.21. The number of benzene rings is 2. The van der Waals surface area contributed by atoms with E-state index in [-0.39, 0.29) is 23.7 Å². The van der Waals surface area contributed by atoms with Gasteiger partial charge in [-0.05, 0) is 42.9 Å². The van der Waals surface area contributed by atoms with E-state index in [1.54, 1.807) is 0 Å². The van der Waals surface area contributed by atoms with Gasteiger partial charge >= 0.3 is 0 Å². The molecule has 1 saturated carbocycles. The fourth-order valence-corrected chi connectivity index (χ4v) is 4.67. The lowest BCUT2D eigenvalue weighted by Gasteiger charge is -2.26. The normalized spacial score (nSPS) is 20.4. The third-order valence-corrected chi connectivity index (χ3v) is 6.35. The minimum absolute atomic E-state index is 0.0606. The fourth-order valence-electron chi connectivity index (χ4n) is 4.67. The molecule has 1 aliphatic carbocycles. The van der Waals surface area contributed by atoms with E-state index in [0.717, 1.165) is 31.2 Å². The van der Waals surface area contributed by atoms with Gasteiger partial charge in [0.15, 0.2) is 0 Å². The lowest BCUT2D eigenvalue weighted by Crippen LogP contribution is -2.40. The van der Waals surface area contributed by atoms with Crippen molar-refractivity contribution in [2.75, 3.05) is 19.6 Å². The highest BCUT2D eigenvalue weighted by atomic mass is 16.2. The van der Waals surface area contributed by atoms with Crippen molar-refractivity contribution < 1.29 is 9.59 Å². The maximum atomic E-state index is 13.0. The molecule has 2 aliphatic rings. The zero-order valence-corrected chi connectivity index (χ0v) is 17.2. The summed E-state index contributed by atoms with van der Waals surface area (Å²) in [6.07, 6.45) is 4.93. The average molecular weight is 391 g/mol. The number of nitrogens with one attached hydrogen (secondary N) is 1. The molecule has 1 heterocycles. The Morgan fingerprint density at radius 3 is 2.55 bits per heavy atom. The second kappa shape index (κ2) is 8.81. The van der Waals surface area contributed by atoms with Gasteiger partial charge in [0.25, 0.3) is 0 Å². The summed E-state index contributed by atoms with van der Waals surface area (Å²) in [6, 6.07) is 16.8. The van der Waals surface area contributed by atoms with E-state index >= 15 is 0 Å². The molecule has 0 unspecified atom stereocenters. The predicted molar refractivity (Wildman–Crippen MR) is 115 cm³/mol. The van der Waals surface area contributed by atoms with Gasteiger partial charge in [0, 0.05) is 25.6 Å². The van der Waals surface area contributed by atoms with E-state index in [1.165, 1.54) is 16.7 Å². The molecule has 152 valence electrons. The summed E-state index contributed by atoms with van der Waals surface area (Å²) in [4.78, 5) is 27.7. The van der Waals surface area contributed by atoms with Crippen LogP contribution in [0, 0.1) is 18.8 Å². The summed E-state index contributed by atoms with van der Waals surface area (Å²) in [6.45, 7) is 3.77. The largest absolute Gasteiger partial charge is 0.354 e. The van der Waals surface area contributed by atoms with Gasteiger partial charge in [0.1, 0.15) is 0 Å². The lowest BCUT2D eigenvalue weighted by atomic mass is 9.91. The number of carbonyl (C=O) groups is 2. The first-order valence-corrected chi connectivity index (χ1v) is 10.8. The van der Waals surface area contributed by atoms with Crippen LogP contribution >= 0.6 is 0 Å². The Kier molecular flexibility index (Phi) is 5.98. The van der Waals surface area contributed by atoms with Crippen LogP contribution in [-0.4, -0.2) is 36.3 Å². The zero-order chi connectivity index (χ0) is 20.2. The highest BCUT2D eigenvalue weighted by Crippen LogP contribution is 2.29. The molecular formula is C25H30N2O2. The second-order valence-electron chi connectivity index (χ2n) is 8.48. The van der Waals surface area contributed by atoms with Crippen molar-refractivity contribution in [3.63, 3.8) is 0 Å². The standard InChI is InChI=1S/C25H30N2O2/c1-18-10-12-19(13-11-18)23-9-5-4-8-21(23)16-22-17-27(15-14-26-24(22)28)25(29)20-6-2-3-7-20/h4-5,8-13,20,22H,2-3,6-7,14-17H2,1H3,(H,26,28)/t22-/m0/s1. The summed E-state index contributed by atoms with van der Waals surface area (Å²) in [7, 11) is 0. The van der Waals surface area contributed by atoms with Crippen LogP contribution in [0.25, 0.3) is 11.1 Å². The number of aryl methyl sites for hydroxylation is 1. The predicted octanol–water partition coefficient (Wildman–Crippen LogP) is 3.97. The van der Waals surface area contributed by atoms with Crippen LogP contribution in [0.4, 0.5) is 0 Å². The van der Waals surface area contributed by atoms with E-state index < -0.39 is 0 Å². The molecule has 1 saturated heterocycles. The van der Waals surface area contributed by atoms with Gasteiger partial charge in [-0.3, -0.25) is 9.59 Å². The number of amides is 2. The molecule has 1 atom stereocenters. The zero-order valence-electron chi connectivity index (χ0n) is 17.2. The van der Waals surface area contributed by atoms with Crippen molar-refractivity contribution >= 4 is 11.8 Å². The van der Waals surface area contributed by atoms with Gasteiger partial charge < -0.3 is 10.2 Å². The van der Waals surface area contributed by atoms with E-state index in [0.29, 0.717) is 26.1 Å². The Morgan fingerprint density at radius 2 is 1.79 bits per heavy atom. The maximum Gasteiger partial charge on any atom is 0.225 e. The van der Waals surface area contributed by atoms with Gasteiger partial charge in [-0.25, -0.2) is 0 Å². The Hall–Kier alpha value is -2.62. The lowest BCUT2D eigenvalue weighted by molar-refractivity contribution is -0.136. The minimum atomic E-state index is -0.213. The third-order valence-electron chi connectivity index (χ3n) is 6.35. The molecule has 2 amide bonds. The molecule has 4 nitrogen and oxygen atoms in total. The molecular weight excluding hydrogens is 360 g/mol. The molecule has 0 spiro atoms. The number of carbonyl (C=O) groups excluding carboxylic acids is 2. The summed E-state index contributed by atoms with van der Waals surface area (Å²) in [5.41, 5.74) is 4.72. The van der Waals surface area contributed by atoms with Crippen molar-refractivity contribution in [2.45, 2.75) is 39.0 Å². The van der Waals surface area contributed by atoms with Crippen molar-refractivity contribution in [1.29, 1.82) is 0 Å². The minimum Gasteiger partial charge on any atom is -0.354 e. The van der Waals surface area contributed by atoms with Crippen molar-refractivity contribution in [1.82, 2.24) is 10.2 Å². The van der Waals surface area contributed by atoms with Gasteiger partial charge in [0.05, 0.1) is 5.92 Å². The highest BCUT2D eigenvalue weighted by Gasteiger charge is 2.32. The van der Waals surface area contributed by atoms with Crippen molar-refractivity contribution in [2.24, 2.45) is 11.8 Å². The Morgan fingerprint density at radius 1 is 1.07 bits per heavy atom. The number of nitrogens with zero attached hydrogens (tertiary/aromatic N) is 1. The molecule has 4 heteroatoms. The van der Waals surface area contributed by atoms with E-state index in [9.17, 15) is 9.59 Å². The molecule has 1 N–H and O–H groups in total. The third kappa shape index (κ3) is 4.52. The monoisotopic (exact) mass is 390 g/mol. The van der Waals surface area contributed by atoms with Crippen LogP contribution in [0.1, 0.15) is 36.8 Å². The summed E-state index contributed by atoms with van der Waals surface area (Å²) >= 11 is 0. The number of hydrogen-bond acceptors (Lipinski definition) is 2. The summed E-state index contributed by atoms with van der Waals surface area (Å²) in [5, 5.41) is 3.02. The first kappa shape index (κ1) is 19.7. The van der Waals surface area contributed by atoms with Crippen LogP contribution in [0.2, 0.25) is 0 Å². The first-order chi connectivity index (χ1) is 14.1. The highest BCUT2D eigenvalue weighted by molar-refractivity contribution is 5.83. The smallest absolute Gasteiger partial charge is 0.225 e. The SMILES string of the molecule is Cc1ccc(-c2ccccc2C[C@H]2CN(C(=O)C3CCCC3)CCNC2=O)cc1. The van der Waals surface area contributed by atoms with E-state index in [4.69, 9.17) is 0 Å². The van der Waals surface area contributed by atoms with Crippen LogP contribution < -0.4 is 5.32 Å². The Bertz CT molecular complexity index is 869. The van der Waals surface area contributed by atoms with Crippen LogP contribution in [0.15, 0.2) is 48.5 Å². The van der Waals surface area contributed by atoms with Gasteiger partial charge in [-0.2, -0.15) is 0 Å². The summed E-state index contributed by atoms with van der Waals surface area (Å²) < 4.78 is 0. The van der Waals surface area contributed by atoms with Gasteiger partial charge in [0.2, 0.25) is 11.8 Å². The second-order valence-corrected chi connectivity index (χ2v) is 8.48. The molecule has 1 aliphatic heterocycles. The first-order valence-electron chi connectivity index (χ1n) is 10.8. The van der Waals surface area contributed by atoms with Crippen LogP contribution in [0.3, 0.4) is 0 Å². The molecule has 2 aromatic rings. The quantitative estimate of drug-likeness (QED) is 0.859. The fraction of sp³-hybridized carbons (Fsp3) is 0.440. The van der Waals surface area contributed by atoms with Gasteiger partial charge in [-0.1, -0.05) is 66.9 Å². The van der Waals surface area contributed by atoms with Crippen LogP contribution in [0.5, 0.6) is 0 Å².